The van der Waals surface area contributed by atoms with Crippen LogP contribution >= 0.6 is 0 Å². The standard InChI is InChI=1S/C13H13NO4/c1-18-13(17)10-4-2-9(3-5-10)8-14-11(15)6-7-12(14)16/h2-5H,6-8H2,1H3. The van der Waals surface area contributed by atoms with E-state index in [0.29, 0.717) is 18.4 Å². The second-order valence-corrected chi connectivity index (χ2v) is 4.06. The van der Waals surface area contributed by atoms with Gasteiger partial charge in [0.2, 0.25) is 11.8 Å². The number of likely N-dealkylation sites (tertiary alicyclic amines) is 1. The van der Waals surface area contributed by atoms with Crippen molar-refractivity contribution in [2.24, 2.45) is 0 Å². The van der Waals surface area contributed by atoms with Gasteiger partial charge in [0.25, 0.3) is 0 Å². The third kappa shape index (κ3) is 2.40. The first-order chi connectivity index (χ1) is 8.61. The molecule has 2 amide bonds. The Morgan fingerprint density at radius 2 is 1.72 bits per heavy atom. The van der Waals surface area contributed by atoms with E-state index in [1.54, 1.807) is 24.3 Å². The van der Waals surface area contributed by atoms with Crippen LogP contribution < -0.4 is 0 Å². The van der Waals surface area contributed by atoms with E-state index in [4.69, 9.17) is 0 Å². The van der Waals surface area contributed by atoms with Crippen molar-refractivity contribution in [1.29, 1.82) is 0 Å². The predicted octanol–water partition coefficient (Wildman–Crippen LogP) is 1.12. The number of hydrogen-bond donors (Lipinski definition) is 0. The zero-order chi connectivity index (χ0) is 13.1. The molecule has 0 bridgehead atoms. The fourth-order valence-electron chi connectivity index (χ4n) is 1.85. The highest BCUT2D eigenvalue weighted by atomic mass is 16.5. The third-order valence-electron chi connectivity index (χ3n) is 2.87. The Balaban J connectivity index is 2.09. The highest BCUT2D eigenvalue weighted by Gasteiger charge is 2.28. The first kappa shape index (κ1) is 12.3. The minimum absolute atomic E-state index is 0.142. The van der Waals surface area contributed by atoms with Crippen LogP contribution in [0.1, 0.15) is 28.8 Å². The Hall–Kier alpha value is -2.17. The van der Waals surface area contributed by atoms with Gasteiger partial charge in [-0.25, -0.2) is 4.79 Å². The summed E-state index contributed by atoms with van der Waals surface area (Å²) in [5.41, 5.74) is 1.26. The van der Waals surface area contributed by atoms with Crippen molar-refractivity contribution in [1.82, 2.24) is 4.90 Å². The summed E-state index contributed by atoms with van der Waals surface area (Å²) in [6, 6.07) is 6.66. The molecule has 0 aromatic heterocycles. The summed E-state index contributed by atoms with van der Waals surface area (Å²) in [5, 5.41) is 0. The smallest absolute Gasteiger partial charge is 0.337 e. The maximum absolute atomic E-state index is 11.4. The van der Waals surface area contributed by atoms with Crippen LogP contribution in [0.15, 0.2) is 24.3 Å². The van der Waals surface area contributed by atoms with E-state index in [1.165, 1.54) is 12.0 Å². The molecule has 1 aromatic rings. The molecule has 18 heavy (non-hydrogen) atoms. The van der Waals surface area contributed by atoms with Gasteiger partial charge < -0.3 is 4.74 Å². The molecule has 1 fully saturated rings. The molecule has 0 N–H and O–H groups in total. The molecule has 0 aliphatic carbocycles. The van der Waals surface area contributed by atoms with Crippen molar-refractivity contribution in [2.75, 3.05) is 7.11 Å². The molecule has 0 radical (unpaired) electrons. The van der Waals surface area contributed by atoms with E-state index < -0.39 is 5.97 Å². The molecule has 2 rings (SSSR count). The largest absolute Gasteiger partial charge is 0.465 e. The normalized spacial score (nSPS) is 15.1. The number of esters is 1. The van der Waals surface area contributed by atoms with Crippen molar-refractivity contribution in [3.8, 4) is 0 Å². The zero-order valence-electron chi connectivity index (χ0n) is 10.0. The van der Waals surface area contributed by atoms with E-state index in [1.807, 2.05) is 0 Å². The number of imide groups is 1. The molecule has 5 heteroatoms. The molecule has 1 aliphatic heterocycles. The van der Waals surface area contributed by atoms with E-state index >= 15 is 0 Å². The predicted molar refractivity (Wildman–Crippen MR) is 62.6 cm³/mol. The lowest BCUT2D eigenvalue weighted by atomic mass is 10.1. The molecule has 0 unspecified atom stereocenters. The Morgan fingerprint density at radius 1 is 1.17 bits per heavy atom. The zero-order valence-corrected chi connectivity index (χ0v) is 10.0. The van der Waals surface area contributed by atoms with Gasteiger partial charge in [-0.05, 0) is 17.7 Å². The summed E-state index contributed by atoms with van der Waals surface area (Å²) >= 11 is 0. The number of amides is 2. The number of nitrogens with zero attached hydrogens (tertiary/aromatic N) is 1. The maximum atomic E-state index is 11.4. The van der Waals surface area contributed by atoms with Gasteiger partial charge >= 0.3 is 5.97 Å². The van der Waals surface area contributed by atoms with E-state index in [2.05, 4.69) is 4.74 Å². The number of hydrogen-bond acceptors (Lipinski definition) is 4. The Morgan fingerprint density at radius 3 is 2.22 bits per heavy atom. The van der Waals surface area contributed by atoms with Gasteiger partial charge in [-0.1, -0.05) is 12.1 Å². The summed E-state index contributed by atoms with van der Waals surface area (Å²) < 4.78 is 4.59. The van der Waals surface area contributed by atoms with Gasteiger partial charge in [0.05, 0.1) is 19.2 Å². The summed E-state index contributed by atoms with van der Waals surface area (Å²) in [4.78, 5) is 35.4. The molecule has 0 saturated carbocycles. The molecule has 0 atom stereocenters. The minimum atomic E-state index is -0.408. The first-order valence-electron chi connectivity index (χ1n) is 5.62. The van der Waals surface area contributed by atoms with Crippen molar-refractivity contribution >= 4 is 17.8 Å². The van der Waals surface area contributed by atoms with Crippen LogP contribution in [-0.2, 0) is 20.9 Å². The van der Waals surface area contributed by atoms with Gasteiger partial charge in [0, 0.05) is 12.8 Å². The van der Waals surface area contributed by atoms with Gasteiger partial charge in [-0.3, -0.25) is 14.5 Å². The lowest BCUT2D eigenvalue weighted by Gasteiger charge is -2.13. The van der Waals surface area contributed by atoms with Gasteiger partial charge in [-0.15, -0.1) is 0 Å². The van der Waals surface area contributed by atoms with Crippen LogP contribution in [0.4, 0.5) is 0 Å². The second-order valence-electron chi connectivity index (χ2n) is 4.06. The van der Waals surface area contributed by atoms with Crippen molar-refractivity contribution in [3.63, 3.8) is 0 Å². The lowest BCUT2D eigenvalue weighted by molar-refractivity contribution is -0.139. The van der Waals surface area contributed by atoms with Gasteiger partial charge in [-0.2, -0.15) is 0 Å². The van der Waals surface area contributed by atoms with Crippen LogP contribution in [0.5, 0.6) is 0 Å². The Bertz CT molecular complexity index is 476. The van der Waals surface area contributed by atoms with Crippen LogP contribution in [-0.4, -0.2) is 29.8 Å². The van der Waals surface area contributed by atoms with Crippen LogP contribution in [0.25, 0.3) is 0 Å². The highest BCUT2D eigenvalue weighted by molar-refractivity contribution is 6.01. The first-order valence-corrected chi connectivity index (χ1v) is 5.62. The number of ether oxygens (including phenoxy) is 1. The summed E-state index contributed by atoms with van der Waals surface area (Å²) in [7, 11) is 1.32. The summed E-state index contributed by atoms with van der Waals surface area (Å²) in [6.07, 6.45) is 0.582. The maximum Gasteiger partial charge on any atom is 0.337 e. The van der Waals surface area contributed by atoms with E-state index in [0.717, 1.165) is 5.56 Å². The van der Waals surface area contributed by atoms with Crippen LogP contribution in [0.3, 0.4) is 0 Å². The molecule has 0 spiro atoms. The number of rotatable bonds is 3. The SMILES string of the molecule is COC(=O)c1ccc(CN2C(=O)CCC2=O)cc1. The number of methoxy groups -OCH3 is 1. The molecular weight excluding hydrogens is 234 g/mol. The molecule has 1 saturated heterocycles. The monoisotopic (exact) mass is 247 g/mol. The van der Waals surface area contributed by atoms with Crippen molar-refractivity contribution in [2.45, 2.75) is 19.4 Å². The Labute approximate surface area is 104 Å². The van der Waals surface area contributed by atoms with Crippen LogP contribution in [0, 0.1) is 0 Å². The fourth-order valence-corrected chi connectivity index (χ4v) is 1.85. The van der Waals surface area contributed by atoms with E-state index in [-0.39, 0.29) is 18.4 Å². The average Bonchev–Trinajstić information content (AvgIpc) is 2.70. The number of carbonyl (C=O) groups is 3. The van der Waals surface area contributed by atoms with Gasteiger partial charge in [0.1, 0.15) is 0 Å². The van der Waals surface area contributed by atoms with Crippen molar-refractivity contribution < 1.29 is 19.1 Å². The molecular formula is C13H13NO4. The fraction of sp³-hybridized carbons (Fsp3) is 0.308. The molecule has 1 heterocycles. The molecule has 1 aliphatic rings. The summed E-state index contributed by atoms with van der Waals surface area (Å²) in [5.74, 6) is -0.691. The van der Waals surface area contributed by atoms with Crippen molar-refractivity contribution in [3.05, 3.63) is 35.4 Å². The summed E-state index contributed by atoms with van der Waals surface area (Å²) in [6.45, 7) is 0.263. The lowest BCUT2D eigenvalue weighted by Crippen LogP contribution is -2.28. The Kier molecular flexibility index (Phi) is 3.41. The highest BCUT2D eigenvalue weighted by Crippen LogP contribution is 2.16. The van der Waals surface area contributed by atoms with E-state index in [9.17, 15) is 14.4 Å². The van der Waals surface area contributed by atoms with Crippen LogP contribution in [0.2, 0.25) is 0 Å². The molecule has 1 aromatic carbocycles. The topological polar surface area (TPSA) is 63.7 Å². The molecule has 94 valence electrons. The number of benzene rings is 1. The quantitative estimate of drug-likeness (QED) is 0.593. The minimum Gasteiger partial charge on any atom is -0.465 e. The number of carbonyl (C=O) groups excluding carboxylic acids is 3. The average molecular weight is 247 g/mol. The second kappa shape index (κ2) is 5.00. The molecule has 5 nitrogen and oxygen atoms in total. The third-order valence-corrected chi connectivity index (χ3v) is 2.87. The van der Waals surface area contributed by atoms with Gasteiger partial charge in [0.15, 0.2) is 0 Å².